The van der Waals surface area contributed by atoms with Gasteiger partial charge in [0.25, 0.3) is 5.56 Å². The lowest BCUT2D eigenvalue weighted by molar-refractivity contribution is -0.129. The van der Waals surface area contributed by atoms with E-state index in [0.717, 1.165) is 23.4 Å². The number of carbonyl (C=O) groups is 2. The third kappa shape index (κ3) is 7.17. The summed E-state index contributed by atoms with van der Waals surface area (Å²) >= 11 is 0.864. The predicted octanol–water partition coefficient (Wildman–Crippen LogP) is 3.70. The number of aromatic nitrogens is 4. The fourth-order valence-corrected chi connectivity index (χ4v) is 4.00. The van der Waals surface area contributed by atoms with Crippen LogP contribution in [0, 0.1) is 0 Å². The summed E-state index contributed by atoms with van der Waals surface area (Å²) in [7, 11) is 0. The Balaban J connectivity index is 0.000000266. The summed E-state index contributed by atoms with van der Waals surface area (Å²) in [5.41, 5.74) is 6.85. The second kappa shape index (κ2) is 11.7. The first-order chi connectivity index (χ1) is 17.5. The van der Waals surface area contributed by atoms with Crippen molar-refractivity contribution < 1.29 is 33.0 Å². The van der Waals surface area contributed by atoms with Crippen LogP contribution in [-0.2, 0) is 6.54 Å². The van der Waals surface area contributed by atoms with Crippen LogP contribution in [0.5, 0.6) is 0 Å². The maximum Gasteiger partial charge on any atom is 0.389 e. The summed E-state index contributed by atoms with van der Waals surface area (Å²) in [5, 5.41) is 17.2. The highest BCUT2D eigenvalue weighted by Gasteiger charge is 2.27. The van der Waals surface area contributed by atoms with Crippen molar-refractivity contribution in [3.05, 3.63) is 81.9 Å². The number of halogens is 3. The van der Waals surface area contributed by atoms with Gasteiger partial charge in [0.2, 0.25) is 0 Å². The summed E-state index contributed by atoms with van der Waals surface area (Å²) in [6, 6.07) is 12.1. The lowest BCUT2D eigenvalue weighted by atomic mass is 10.1. The number of fused-ring (bicyclic) bond motifs is 1. The first-order valence-corrected chi connectivity index (χ1v) is 11.5. The fourth-order valence-electron chi connectivity index (χ4n) is 3.02. The minimum absolute atomic E-state index is 0.0186. The number of aromatic amines is 1. The molecule has 5 N–H and O–H groups in total. The molecule has 2 aromatic heterocycles. The van der Waals surface area contributed by atoms with Crippen molar-refractivity contribution in [3.8, 4) is 5.69 Å². The van der Waals surface area contributed by atoms with E-state index in [1.807, 2.05) is 0 Å². The van der Waals surface area contributed by atoms with Gasteiger partial charge in [-0.15, -0.1) is 0 Å². The average Bonchev–Trinajstić information content (AvgIpc) is 3.33. The molecule has 0 fully saturated rings. The van der Waals surface area contributed by atoms with E-state index in [1.54, 1.807) is 24.3 Å². The zero-order chi connectivity index (χ0) is 27.2. The summed E-state index contributed by atoms with van der Waals surface area (Å²) in [6.45, 7) is 0.347. The molecule has 0 aliphatic heterocycles. The lowest BCUT2D eigenvalue weighted by Gasteiger charge is -2.12. The van der Waals surface area contributed by atoms with E-state index >= 15 is 0 Å². The number of carboxylic acid groups (broad SMARTS) is 2. The first kappa shape index (κ1) is 27.4. The second-order valence-corrected chi connectivity index (χ2v) is 8.47. The monoisotopic (exact) mass is 535 g/mol. The van der Waals surface area contributed by atoms with Crippen LogP contribution in [0.15, 0.2) is 64.8 Å². The number of nitrogens with one attached hydrogen (secondary N) is 1. The van der Waals surface area contributed by atoms with Crippen LogP contribution >= 0.6 is 11.8 Å². The number of carboxylic acids is 2. The molecule has 0 aliphatic rings. The number of rotatable bonds is 7. The first-order valence-electron chi connectivity index (χ1n) is 10.5. The number of thioether (sulfide) groups is 1. The quantitative estimate of drug-likeness (QED) is 0.204. The predicted molar refractivity (Wildman–Crippen MR) is 129 cm³/mol. The molecule has 2 heterocycles. The molecule has 0 saturated carbocycles. The minimum Gasteiger partial charge on any atom is -0.478 e. The van der Waals surface area contributed by atoms with Gasteiger partial charge in [-0.25, -0.2) is 19.6 Å². The van der Waals surface area contributed by atoms with Gasteiger partial charge in [0.1, 0.15) is 0 Å². The largest absolute Gasteiger partial charge is 0.478 e. The molecule has 0 unspecified atom stereocenters. The van der Waals surface area contributed by atoms with Crippen molar-refractivity contribution >= 4 is 34.9 Å². The third-order valence-corrected chi connectivity index (χ3v) is 5.77. The van der Waals surface area contributed by atoms with Crippen molar-refractivity contribution in [3.63, 3.8) is 0 Å². The molecular formula is C23H20F3N5O5S. The summed E-state index contributed by atoms with van der Waals surface area (Å²) in [6.07, 6.45) is -3.92. The fraction of sp³-hybridized carbons (Fsp3) is 0.174. The van der Waals surface area contributed by atoms with Crippen LogP contribution in [0.3, 0.4) is 0 Å². The molecule has 0 aliphatic carbocycles. The van der Waals surface area contributed by atoms with Gasteiger partial charge in [0, 0.05) is 12.3 Å². The number of hydrogen-bond donors (Lipinski definition) is 4. The maximum absolute atomic E-state index is 12.7. The molecule has 0 radical (unpaired) electrons. The van der Waals surface area contributed by atoms with Crippen molar-refractivity contribution in [1.82, 2.24) is 19.5 Å². The van der Waals surface area contributed by atoms with E-state index in [0.29, 0.717) is 12.2 Å². The Morgan fingerprint density at radius 2 is 1.68 bits per heavy atom. The van der Waals surface area contributed by atoms with Gasteiger partial charge in [0.15, 0.2) is 16.3 Å². The Bertz CT molecular complexity index is 1440. The van der Waals surface area contributed by atoms with Crippen molar-refractivity contribution in [2.24, 2.45) is 5.73 Å². The molecule has 4 rings (SSSR count). The normalized spacial score (nSPS) is 11.1. The van der Waals surface area contributed by atoms with Gasteiger partial charge >= 0.3 is 18.1 Å². The summed E-state index contributed by atoms with van der Waals surface area (Å²) in [5.74, 6) is -2.50. The second-order valence-electron chi connectivity index (χ2n) is 7.41. The highest BCUT2D eigenvalue weighted by atomic mass is 32.2. The van der Waals surface area contributed by atoms with Crippen LogP contribution in [-0.4, -0.2) is 53.6 Å². The van der Waals surface area contributed by atoms with Crippen molar-refractivity contribution in [2.75, 3.05) is 5.75 Å². The number of imidazole rings is 1. The standard InChI is InChI=1S/C15H14F3N5OS.C8H6O4/c16-15(17,18)5-6-25-14-22-12-11(20-8-21-12)13(24)23(14)10-3-1-9(7-19)2-4-10;9-7(10)5-2-1-3-6(4-5)8(11)12/h1-4,8H,5-7,19H2,(H,20,21);1-4H,(H,9,10)(H,11,12). The van der Waals surface area contributed by atoms with E-state index < -0.39 is 30.1 Å². The highest BCUT2D eigenvalue weighted by Crippen LogP contribution is 2.26. The summed E-state index contributed by atoms with van der Waals surface area (Å²) in [4.78, 5) is 44.3. The molecule has 0 bridgehead atoms. The molecule has 37 heavy (non-hydrogen) atoms. The third-order valence-electron chi connectivity index (χ3n) is 4.83. The zero-order valence-corrected chi connectivity index (χ0v) is 19.7. The number of H-pyrrole nitrogens is 1. The Morgan fingerprint density at radius 3 is 2.22 bits per heavy atom. The Labute approximate surface area is 211 Å². The van der Waals surface area contributed by atoms with Gasteiger partial charge in [-0.3, -0.25) is 9.36 Å². The number of hydrogen-bond acceptors (Lipinski definition) is 7. The van der Waals surface area contributed by atoms with Crippen molar-refractivity contribution in [1.29, 1.82) is 0 Å². The number of aromatic carboxylic acids is 2. The summed E-state index contributed by atoms with van der Waals surface area (Å²) < 4.78 is 38.5. The van der Waals surface area contributed by atoms with Crippen LogP contribution in [0.1, 0.15) is 32.7 Å². The molecule has 2 aromatic carbocycles. The molecule has 0 spiro atoms. The Kier molecular flexibility index (Phi) is 8.68. The molecule has 4 aromatic rings. The van der Waals surface area contributed by atoms with E-state index in [-0.39, 0.29) is 33.2 Å². The highest BCUT2D eigenvalue weighted by molar-refractivity contribution is 7.99. The van der Waals surface area contributed by atoms with Gasteiger partial charge in [0.05, 0.1) is 29.6 Å². The molecular weight excluding hydrogens is 515 g/mol. The maximum atomic E-state index is 12.7. The molecule has 0 saturated heterocycles. The van der Waals surface area contributed by atoms with Crippen LogP contribution in [0.4, 0.5) is 13.2 Å². The SMILES string of the molecule is NCc1ccc(-n2c(SCCC(F)(F)F)nc3nc[nH]c3c2=O)cc1.O=C(O)c1cccc(C(=O)O)c1. The lowest BCUT2D eigenvalue weighted by Crippen LogP contribution is -2.22. The van der Waals surface area contributed by atoms with Crippen LogP contribution in [0.25, 0.3) is 16.9 Å². The molecule has 0 atom stereocenters. The van der Waals surface area contributed by atoms with Gasteiger partial charge in [-0.1, -0.05) is 30.0 Å². The Morgan fingerprint density at radius 1 is 1.05 bits per heavy atom. The molecule has 194 valence electrons. The molecule has 14 heteroatoms. The van der Waals surface area contributed by atoms with E-state index in [9.17, 15) is 27.6 Å². The number of alkyl halides is 3. The zero-order valence-electron chi connectivity index (χ0n) is 18.9. The van der Waals surface area contributed by atoms with Gasteiger partial charge in [-0.05, 0) is 35.9 Å². The number of nitrogens with zero attached hydrogens (tertiary/aromatic N) is 3. The average molecular weight is 536 g/mol. The van der Waals surface area contributed by atoms with Gasteiger partial charge < -0.3 is 20.9 Å². The van der Waals surface area contributed by atoms with Gasteiger partial charge in [-0.2, -0.15) is 13.2 Å². The number of benzene rings is 2. The minimum atomic E-state index is -4.27. The van der Waals surface area contributed by atoms with E-state index in [4.69, 9.17) is 15.9 Å². The van der Waals surface area contributed by atoms with Crippen molar-refractivity contribution in [2.45, 2.75) is 24.3 Å². The smallest absolute Gasteiger partial charge is 0.389 e. The topological polar surface area (TPSA) is 164 Å². The van der Waals surface area contributed by atoms with Crippen LogP contribution < -0.4 is 11.3 Å². The van der Waals surface area contributed by atoms with E-state index in [2.05, 4.69) is 15.0 Å². The van der Waals surface area contributed by atoms with Crippen LogP contribution in [0.2, 0.25) is 0 Å². The Hall–Kier alpha value is -4.17. The van der Waals surface area contributed by atoms with E-state index in [1.165, 1.54) is 29.1 Å². The molecule has 0 amide bonds. The molecule has 10 nitrogen and oxygen atoms in total. The number of nitrogens with two attached hydrogens (primary N) is 1.